The summed E-state index contributed by atoms with van der Waals surface area (Å²) in [5, 5.41) is 2.76. The summed E-state index contributed by atoms with van der Waals surface area (Å²) in [6, 6.07) is 27.7. The summed E-state index contributed by atoms with van der Waals surface area (Å²) < 4.78 is 0. The predicted octanol–water partition coefficient (Wildman–Crippen LogP) is 6.58. The molecule has 4 saturated carbocycles. The van der Waals surface area contributed by atoms with E-state index < -0.39 is 0 Å². The molecule has 4 aliphatic rings. The Morgan fingerprint density at radius 3 is 1.85 bits per heavy atom. The van der Waals surface area contributed by atoms with Gasteiger partial charge in [0.1, 0.15) is 0 Å². The summed E-state index contributed by atoms with van der Waals surface area (Å²) in [4.78, 5) is 0. The average Bonchev–Trinajstić information content (AvgIpc) is 2.68. The third-order valence-electron chi connectivity index (χ3n) is 7.90. The molecule has 0 heterocycles. The number of benzene rings is 3. The third kappa shape index (κ3) is 1.96. The summed E-state index contributed by atoms with van der Waals surface area (Å²) in [5.41, 5.74) is 3.39. The minimum Gasteiger partial charge on any atom is -0.0622 e. The van der Waals surface area contributed by atoms with Crippen LogP contribution in [-0.4, -0.2) is 0 Å². The van der Waals surface area contributed by atoms with Crippen LogP contribution in [0.1, 0.15) is 43.2 Å². The van der Waals surface area contributed by atoms with Crippen LogP contribution in [0.25, 0.3) is 10.8 Å². The Labute approximate surface area is 156 Å². The maximum absolute atomic E-state index is 2.52. The second-order valence-corrected chi connectivity index (χ2v) is 9.10. The Bertz CT molecular complexity index is 924. The normalized spacial score (nSPS) is 35.1. The third-order valence-corrected chi connectivity index (χ3v) is 7.90. The Morgan fingerprint density at radius 2 is 1.15 bits per heavy atom. The molecule has 3 aromatic rings. The van der Waals surface area contributed by atoms with Crippen molar-refractivity contribution in [3.63, 3.8) is 0 Å². The van der Waals surface area contributed by atoms with Crippen molar-refractivity contribution in [1.82, 2.24) is 0 Å². The van der Waals surface area contributed by atoms with Crippen LogP contribution in [0, 0.1) is 23.7 Å². The molecule has 0 saturated heterocycles. The number of hydrogen-bond donors (Lipinski definition) is 0. The largest absolute Gasteiger partial charge is 0.0622 e. The van der Waals surface area contributed by atoms with Gasteiger partial charge in [0.25, 0.3) is 0 Å². The lowest BCUT2D eigenvalue weighted by atomic mass is 9.42. The molecule has 0 N–H and O–H groups in total. The van der Waals surface area contributed by atoms with Gasteiger partial charge in [-0.25, -0.2) is 0 Å². The molecule has 130 valence electrons. The number of fused-ring (bicyclic) bond motifs is 1. The van der Waals surface area contributed by atoms with Crippen LogP contribution in [0.15, 0.2) is 72.8 Å². The van der Waals surface area contributed by atoms with Gasteiger partial charge in [-0.2, -0.15) is 0 Å². The van der Waals surface area contributed by atoms with E-state index in [1.807, 2.05) is 0 Å². The smallest absolute Gasteiger partial charge is 0.0259 e. The summed E-state index contributed by atoms with van der Waals surface area (Å²) in [5.74, 6) is 3.63. The first-order valence-corrected chi connectivity index (χ1v) is 10.4. The van der Waals surface area contributed by atoms with Crippen LogP contribution in [0.5, 0.6) is 0 Å². The molecule has 0 aliphatic heterocycles. The van der Waals surface area contributed by atoms with Crippen molar-refractivity contribution in [2.24, 2.45) is 23.7 Å². The molecule has 0 nitrogen and oxygen atoms in total. The molecular formula is C26H26. The molecule has 4 fully saturated rings. The highest BCUT2D eigenvalue weighted by Crippen LogP contribution is 2.65. The van der Waals surface area contributed by atoms with E-state index in [1.54, 1.807) is 11.1 Å². The van der Waals surface area contributed by atoms with Crippen LogP contribution in [0.4, 0.5) is 0 Å². The first-order chi connectivity index (χ1) is 12.8. The molecule has 3 aromatic carbocycles. The molecule has 0 heteroatoms. The first-order valence-electron chi connectivity index (χ1n) is 10.4. The summed E-state index contributed by atoms with van der Waals surface area (Å²) >= 11 is 0. The van der Waals surface area contributed by atoms with Gasteiger partial charge in [-0.15, -0.1) is 0 Å². The minimum absolute atomic E-state index is 0.235. The summed E-state index contributed by atoms with van der Waals surface area (Å²) in [6.07, 6.45) is 7.27. The minimum atomic E-state index is 0.235. The van der Waals surface area contributed by atoms with Crippen molar-refractivity contribution in [3.05, 3.63) is 83.9 Å². The summed E-state index contributed by atoms with van der Waals surface area (Å²) in [7, 11) is 0. The SMILES string of the molecule is c1ccc(C2(c3ccc4ccccc4c3)C3CC4CC(C3)CC2C4)cc1. The van der Waals surface area contributed by atoms with Crippen LogP contribution in [0.3, 0.4) is 0 Å². The standard InChI is InChI=1S/C26H26/c1-2-8-22(9-3-1)26(23-11-10-20-6-4-5-7-21(20)17-23)24-13-18-12-19(15-24)16-25(26)14-18/h1-11,17-19,24-25H,12-16H2. The fraction of sp³-hybridized carbons (Fsp3) is 0.385. The maximum Gasteiger partial charge on any atom is 0.0259 e. The predicted molar refractivity (Wildman–Crippen MR) is 108 cm³/mol. The molecule has 26 heavy (non-hydrogen) atoms. The monoisotopic (exact) mass is 338 g/mol. The van der Waals surface area contributed by atoms with Crippen LogP contribution < -0.4 is 0 Å². The first kappa shape index (κ1) is 15.0. The maximum atomic E-state index is 2.52. The van der Waals surface area contributed by atoms with E-state index in [1.165, 1.54) is 42.9 Å². The van der Waals surface area contributed by atoms with E-state index >= 15 is 0 Å². The quantitative estimate of drug-likeness (QED) is 0.495. The number of rotatable bonds is 2. The molecular weight excluding hydrogens is 312 g/mol. The Hall–Kier alpha value is -2.08. The van der Waals surface area contributed by atoms with Crippen molar-refractivity contribution in [1.29, 1.82) is 0 Å². The Balaban J connectivity index is 1.61. The van der Waals surface area contributed by atoms with Crippen molar-refractivity contribution < 1.29 is 0 Å². The Morgan fingerprint density at radius 1 is 0.538 bits per heavy atom. The van der Waals surface area contributed by atoms with E-state index in [9.17, 15) is 0 Å². The zero-order valence-electron chi connectivity index (χ0n) is 15.3. The van der Waals surface area contributed by atoms with Crippen LogP contribution >= 0.6 is 0 Å². The van der Waals surface area contributed by atoms with Gasteiger partial charge in [0.2, 0.25) is 0 Å². The number of hydrogen-bond acceptors (Lipinski definition) is 0. The second-order valence-electron chi connectivity index (χ2n) is 9.10. The molecule has 0 atom stereocenters. The van der Waals surface area contributed by atoms with Gasteiger partial charge < -0.3 is 0 Å². The average molecular weight is 338 g/mol. The fourth-order valence-corrected chi connectivity index (χ4v) is 7.20. The van der Waals surface area contributed by atoms with Gasteiger partial charge in [-0.3, -0.25) is 0 Å². The lowest BCUT2D eigenvalue weighted by Gasteiger charge is -2.62. The van der Waals surface area contributed by atoms with Crippen LogP contribution in [0.2, 0.25) is 0 Å². The highest BCUT2D eigenvalue weighted by atomic mass is 14.6. The Kier molecular flexibility index (Phi) is 3.15. The van der Waals surface area contributed by atoms with Gasteiger partial charge in [0.05, 0.1) is 0 Å². The molecule has 0 spiro atoms. The zero-order valence-corrected chi connectivity index (χ0v) is 15.3. The van der Waals surface area contributed by atoms with Gasteiger partial charge >= 0.3 is 0 Å². The molecule has 4 bridgehead atoms. The molecule has 4 aliphatic carbocycles. The molecule has 7 rings (SSSR count). The van der Waals surface area contributed by atoms with E-state index in [0.717, 1.165) is 23.7 Å². The van der Waals surface area contributed by atoms with Gasteiger partial charge in [0, 0.05) is 5.41 Å². The van der Waals surface area contributed by atoms with Crippen LogP contribution in [-0.2, 0) is 5.41 Å². The second kappa shape index (κ2) is 5.46. The lowest BCUT2D eigenvalue weighted by Crippen LogP contribution is -2.56. The summed E-state index contributed by atoms with van der Waals surface area (Å²) in [6.45, 7) is 0. The molecule has 0 radical (unpaired) electrons. The van der Waals surface area contributed by atoms with E-state index in [0.29, 0.717) is 0 Å². The van der Waals surface area contributed by atoms with Crippen molar-refractivity contribution >= 4 is 10.8 Å². The van der Waals surface area contributed by atoms with E-state index in [4.69, 9.17) is 0 Å². The van der Waals surface area contributed by atoms with Gasteiger partial charge in [-0.1, -0.05) is 72.8 Å². The highest BCUT2D eigenvalue weighted by Gasteiger charge is 2.58. The van der Waals surface area contributed by atoms with Crippen molar-refractivity contribution in [2.45, 2.75) is 37.5 Å². The topological polar surface area (TPSA) is 0 Å². The lowest BCUT2D eigenvalue weighted by molar-refractivity contribution is -0.0417. The fourth-order valence-electron chi connectivity index (χ4n) is 7.20. The van der Waals surface area contributed by atoms with Gasteiger partial charge in [0.15, 0.2) is 0 Å². The van der Waals surface area contributed by atoms with Gasteiger partial charge in [-0.05, 0) is 77.7 Å². The molecule has 0 amide bonds. The molecule has 0 aromatic heterocycles. The van der Waals surface area contributed by atoms with E-state index in [2.05, 4.69) is 72.8 Å². The van der Waals surface area contributed by atoms with Crippen molar-refractivity contribution in [3.8, 4) is 0 Å². The van der Waals surface area contributed by atoms with E-state index in [-0.39, 0.29) is 5.41 Å². The molecule has 0 unspecified atom stereocenters. The highest BCUT2D eigenvalue weighted by molar-refractivity contribution is 5.83. The zero-order chi connectivity index (χ0) is 17.1. The van der Waals surface area contributed by atoms with Crippen molar-refractivity contribution in [2.75, 3.05) is 0 Å².